The third-order valence-electron chi connectivity index (χ3n) is 3.07. The third-order valence-corrected chi connectivity index (χ3v) is 4.72. The van der Waals surface area contributed by atoms with E-state index in [0.29, 0.717) is 18.8 Å². The van der Waals surface area contributed by atoms with Gasteiger partial charge in [0.25, 0.3) is 0 Å². The van der Waals surface area contributed by atoms with Crippen LogP contribution in [-0.2, 0) is 10.0 Å². The SMILES string of the molecule is N#CCS(=O)(=O)N1CCN(c2ccccc2F)CC1. The number of benzene rings is 1. The largest absolute Gasteiger partial charge is 0.367 e. The molecule has 0 amide bonds. The molecule has 102 valence electrons. The van der Waals surface area contributed by atoms with Crippen LogP contribution in [0.2, 0.25) is 0 Å². The van der Waals surface area contributed by atoms with Crippen molar-refractivity contribution in [2.75, 3.05) is 36.8 Å². The fraction of sp³-hybridized carbons (Fsp3) is 0.417. The molecule has 0 unspecified atom stereocenters. The molecule has 1 aromatic rings. The summed E-state index contributed by atoms with van der Waals surface area (Å²) in [5.41, 5.74) is 0.486. The molecule has 0 aromatic heterocycles. The topological polar surface area (TPSA) is 64.4 Å². The van der Waals surface area contributed by atoms with Gasteiger partial charge in [-0.05, 0) is 12.1 Å². The Labute approximate surface area is 111 Å². The molecular formula is C12H14FN3O2S. The van der Waals surface area contributed by atoms with E-state index >= 15 is 0 Å². The maximum Gasteiger partial charge on any atom is 0.227 e. The van der Waals surface area contributed by atoms with E-state index < -0.39 is 15.8 Å². The molecule has 0 saturated carbocycles. The molecule has 0 bridgehead atoms. The van der Waals surface area contributed by atoms with Gasteiger partial charge in [0, 0.05) is 26.2 Å². The Morgan fingerprint density at radius 1 is 1.21 bits per heavy atom. The van der Waals surface area contributed by atoms with Gasteiger partial charge in [-0.3, -0.25) is 0 Å². The molecule has 1 saturated heterocycles. The number of para-hydroxylation sites is 1. The van der Waals surface area contributed by atoms with Gasteiger partial charge in [0.15, 0.2) is 5.75 Å². The number of hydrogen-bond acceptors (Lipinski definition) is 4. The van der Waals surface area contributed by atoms with Crippen LogP contribution in [-0.4, -0.2) is 44.7 Å². The first-order valence-electron chi connectivity index (χ1n) is 5.89. The summed E-state index contributed by atoms with van der Waals surface area (Å²) in [6, 6.07) is 8.08. The van der Waals surface area contributed by atoms with Crippen molar-refractivity contribution in [1.82, 2.24) is 4.31 Å². The average Bonchev–Trinajstić information content (AvgIpc) is 2.39. The Hall–Kier alpha value is -1.65. The van der Waals surface area contributed by atoms with Gasteiger partial charge in [-0.2, -0.15) is 9.57 Å². The van der Waals surface area contributed by atoms with Crippen molar-refractivity contribution in [2.45, 2.75) is 0 Å². The van der Waals surface area contributed by atoms with Gasteiger partial charge >= 0.3 is 0 Å². The standard InChI is InChI=1S/C12H14FN3O2S/c13-11-3-1-2-4-12(11)15-6-8-16(9-7-15)19(17,18)10-5-14/h1-4H,6-10H2. The van der Waals surface area contributed by atoms with Gasteiger partial charge in [0.1, 0.15) is 5.82 Å². The molecule has 0 spiro atoms. The van der Waals surface area contributed by atoms with Crippen molar-refractivity contribution >= 4 is 15.7 Å². The molecule has 0 radical (unpaired) electrons. The second-order valence-corrected chi connectivity index (χ2v) is 6.22. The minimum atomic E-state index is -3.50. The Kier molecular flexibility index (Phi) is 4.02. The highest BCUT2D eigenvalue weighted by Crippen LogP contribution is 2.20. The van der Waals surface area contributed by atoms with Crippen molar-refractivity contribution < 1.29 is 12.8 Å². The van der Waals surface area contributed by atoms with Crippen LogP contribution in [0.15, 0.2) is 24.3 Å². The Morgan fingerprint density at radius 3 is 2.42 bits per heavy atom. The Bertz CT molecular complexity index is 589. The molecule has 5 nitrogen and oxygen atoms in total. The Balaban J connectivity index is 2.05. The average molecular weight is 283 g/mol. The van der Waals surface area contributed by atoms with Crippen molar-refractivity contribution in [1.29, 1.82) is 5.26 Å². The molecule has 1 fully saturated rings. The molecule has 1 aliphatic heterocycles. The number of hydrogen-bond donors (Lipinski definition) is 0. The summed E-state index contributed by atoms with van der Waals surface area (Å²) in [5.74, 6) is -0.817. The van der Waals surface area contributed by atoms with Crippen LogP contribution >= 0.6 is 0 Å². The summed E-state index contributed by atoms with van der Waals surface area (Å²) in [7, 11) is -3.50. The lowest BCUT2D eigenvalue weighted by Crippen LogP contribution is -2.49. The molecular weight excluding hydrogens is 269 g/mol. The molecule has 1 heterocycles. The zero-order valence-electron chi connectivity index (χ0n) is 10.3. The van der Waals surface area contributed by atoms with Crippen LogP contribution in [0.1, 0.15) is 0 Å². The van der Waals surface area contributed by atoms with Crippen LogP contribution in [0.5, 0.6) is 0 Å². The zero-order valence-corrected chi connectivity index (χ0v) is 11.1. The first-order chi connectivity index (χ1) is 9.04. The van der Waals surface area contributed by atoms with Gasteiger partial charge < -0.3 is 4.90 Å². The van der Waals surface area contributed by atoms with E-state index in [2.05, 4.69) is 0 Å². The van der Waals surface area contributed by atoms with E-state index in [9.17, 15) is 12.8 Å². The smallest absolute Gasteiger partial charge is 0.227 e. The second-order valence-electron chi connectivity index (χ2n) is 4.25. The molecule has 0 atom stereocenters. The summed E-state index contributed by atoms with van der Waals surface area (Å²) >= 11 is 0. The maximum atomic E-state index is 13.6. The summed E-state index contributed by atoms with van der Waals surface area (Å²) in [4.78, 5) is 1.81. The fourth-order valence-corrected chi connectivity index (χ4v) is 3.15. The van der Waals surface area contributed by atoms with Crippen molar-refractivity contribution in [2.24, 2.45) is 0 Å². The van der Waals surface area contributed by atoms with Crippen LogP contribution in [0.25, 0.3) is 0 Å². The van der Waals surface area contributed by atoms with Crippen molar-refractivity contribution in [3.8, 4) is 6.07 Å². The number of nitrogens with zero attached hydrogens (tertiary/aromatic N) is 3. The summed E-state index contributed by atoms with van der Waals surface area (Å²) in [5, 5.41) is 8.48. The monoisotopic (exact) mass is 283 g/mol. The number of anilines is 1. The first kappa shape index (κ1) is 13.8. The van der Waals surface area contributed by atoms with Gasteiger partial charge in [-0.25, -0.2) is 12.8 Å². The summed E-state index contributed by atoms with van der Waals surface area (Å²) in [6.07, 6.45) is 0. The lowest BCUT2D eigenvalue weighted by atomic mass is 10.2. The normalized spacial score (nSPS) is 17.2. The minimum absolute atomic E-state index is 0.276. The van der Waals surface area contributed by atoms with Crippen LogP contribution in [0.3, 0.4) is 0 Å². The molecule has 2 rings (SSSR count). The number of sulfonamides is 1. The second kappa shape index (κ2) is 5.55. The number of piperazine rings is 1. The maximum absolute atomic E-state index is 13.6. The highest BCUT2D eigenvalue weighted by atomic mass is 32.2. The third kappa shape index (κ3) is 3.03. The molecule has 1 aromatic carbocycles. The first-order valence-corrected chi connectivity index (χ1v) is 7.50. The van der Waals surface area contributed by atoms with Crippen LogP contribution in [0.4, 0.5) is 10.1 Å². The fourth-order valence-electron chi connectivity index (χ4n) is 2.09. The van der Waals surface area contributed by atoms with E-state index in [0.717, 1.165) is 0 Å². The quantitative estimate of drug-likeness (QED) is 0.823. The van der Waals surface area contributed by atoms with E-state index in [4.69, 9.17) is 5.26 Å². The molecule has 0 N–H and O–H groups in total. The minimum Gasteiger partial charge on any atom is -0.367 e. The zero-order chi connectivity index (χ0) is 13.9. The predicted molar refractivity (Wildman–Crippen MR) is 69.6 cm³/mol. The number of rotatable bonds is 3. The van der Waals surface area contributed by atoms with E-state index in [1.165, 1.54) is 10.4 Å². The molecule has 19 heavy (non-hydrogen) atoms. The van der Waals surface area contributed by atoms with Gasteiger partial charge in [0.2, 0.25) is 10.0 Å². The van der Waals surface area contributed by atoms with Crippen LogP contribution < -0.4 is 4.90 Å². The lowest BCUT2D eigenvalue weighted by Gasteiger charge is -2.35. The molecule has 1 aliphatic rings. The lowest BCUT2D eigenvalue weighted by molar-refractivity contribution is 0.385. The van der Waals surface area contributed by atoms with E-state index in [1.54, 1.807) is 24.3 Å². The summed E-state index contributed by atoms with van der Waals surface area (Å²) in [6.45, 7) is 1.40. The molecule has 0 aliphatic carbocycles. The number of halogens is 1. The van der Waals surface area contributed by atoms with Gasteiger partial charge in [0.05, 0.1) is 11.8 Å². The van der Waals surface area contributed by atoms with Crippen LogP contribution in [0, 0.1) is 17.1 Å². The highest BCUT2D eigenvalue weighted by Gasteiger charge is 2.27. The van der Waals surface area contributed by atoms with Gasteiger partial charge in [-0.15, -0.1) is 0 Å². The highest BCUT2D eigenvalue weighted by molar-refractivity contribution is 7.89. The van der Waals surface area contributed by atoms with E-state index in [1.807, 2.05) is 4.90 Å². The molecule has 7 heteroatoms. The van der Waals surface area contributed by atoms with E-state index in [-0.39, 0.29) is 18.9 Å². The van der Waals surface area contributed by atoms with Crippen molar-refractivity contribution in [3.63, 3.8) is 0 Å². The van der Waals surface area contributed by atoms with Crippen molar-refractivity contribution in [3.05, 3.63) is 30.1 Å². The predicted octanol–water partition coefficient (Wildman–Crippen LogP) is 0.801. The van der Waals surface area contributed by atoms with Gasteiger partial charge in [-0.1, -0.05) is 12.1 Å². The Morgan fingerprint density at radius 2 is 1.84 bits per heavy atom. The number of nitriles is 1. The summed E-state index contributed by atoms with van der Waals surface area (Å²) < 4.78 is 38.3.